The van der Waals surface area contributed by atoms with Crippen LogP contribution in [0, 0.1) is 0 Å². The van der Waals surface area contributed by atoms with Crippen molar-refractivity contribution in [3.63, 3.8) is 0 Å². The third-order valence-electron chi connectivity index (χ3n) is 3.27. The van der Waals surface area contributed by atoms with Crippen molar-refractivity contribution in [3.8, 4) is 0 Å². The summed E-state index contributed by atoms with van der Waals surface area (Å²) in [6.07, 6.45) is 1.11. The maximum atomic E-state index is 10.6. The van der Waals surface area contributed by atoms with Gasteiger partial charge in [-0.3, -0.25) is 9.13 Å². The van der Waals surface area contributed by atoms with Gasteiger partial charge in [-0.15, -0.1) is 0 Å². The van der Waals surface area contributed by atoms with Crippen LogP contribution in [0.15, 0.2) is 12.7 Å². The molecule has 4 N–H and O–H groups in total. The van der Waals surface area contributed by atoms with Gasteiger partial charge in [0.25, 0.3) is 0 Å². The highest BCUT2D eigenvalue weighted by molar-refractivity contribution is 7.32. The van der Waals surface area contributed by atoms with E-state index in [9.17, 15) is 9.67 Å². The molecule has 1 unspecified atom stereocenters. The van der Waals surface area contributed by atoms with Gasteiger partial charge >= 0.3 is 8.25 Å². The van der Waals surface area contributed by atoms with Gasteiger partial charge in [0.05, 0.1) is 19.0 Å². The molecule has 2 aromatic rings. The Kier molecular flexibility index (Phi) is 3.87. The predicted octanol–water partition coefficient (Wildman–Crippen LogP) is -0.545. The predicted molar refractivity (Wildman–Crippen MR) is 71.4 cm³/mol. The van der Waals surface area contributed by atoms with Crippen LogP contribution >= 0.6 is 8.25 Å². The van der Waals surface area contributed by atoms with E-state index in [0.29, 0.717) is 11.2 Å². The molecule has 0 aromatic carbocycles. The standard InChI is InChI=1S/C10H14N5O5P/c11-9-8-10(13-3-12-9)15(4-14-8)7-1-5(16)6(20-7)2-19-21(17)18/h3-7,16,21H,1-2H2,(H,17,18)(H2,11,12,13)/t5-,6+,7+/m0/s1. The number of aliphatic hydroxyl groups excluding tert-OH is 1. The van der Waals surface area contributed by atoms with E-state index in [1.165, 1.54) is 12.7 Å². The summed E-state index contributed by atoms with van der Waals surface area (Å²) in [5, 5.41) is 9.93. The first kappa shape index (κ1) is 14.4. The van der Waals surface area contributed by atoms with E-state index in [4.69, 9.17) is 15.4 Å². The van der Waals surface area contributed by atoms with E-state index in [1.807, 2.05) is 0 Å². The minimum atomic E-state index is -3.05. The van der Waals surface area contributed by atoms with Crippen molar-refractivity contribution >= 4 is 25.2 Å². The van der Waals surface area contributed by atoms with Crippen molar-refractivity contribution in [2.75, 3.05) is 12.3 Å². The molecule has 4 atom stereocenters. The van der Waals surface area contributed by atoms with Crippen molar-refractivity contribution in [2.45, 2.75) is 24.9 Å². The Hall–Kier alpha value is -1.58. The first-order chi connectivity index (χ1) is 10.1. The van der Waals surface area contributed by atoms with Gasteiger partial charge in [-0.05, 0) is 0 Å². The molecule has 1 saturated heterocycles. The minimum Gasteiger partial charge on any atom is -0.390 e. The summed E-state index contributed by atoms with van der Waals surface area (Å²) in [6.45, 7) is -0.157. The Labute approximate surface area is 119 Å². The van der Waals surface area contributed by atoms with Crippen LogP contribution in [0.4, 0.5) is 5.82 Å². The number of hydrogen-bond acceptors (Lipinski definition) is 8. The highest BCUT2D eigenvalue weighted by atomic mass is 31.1. The van der Waals surface area contributed by atoms with Gasteiger partial charge in [-0.1, -0.05) is 0 Å². The van der Waals surface area contributed by atoms with Crippen LogP contribution in [0.25, 0.3) is 11.2 Å². The fourth-order valence-electron chi connectivity index (χ4n) is 2.27. The van der Waals surface area contributed by atoms with Crippen molar-refractivity contribution < 1.29 is 23.8 Å². The Balaban J connectivity index is 1.81. The van der Waals surface area contributed by atoms with E-state index in [2.05, 4.69) is 19.5 Å². The summed E-state index contributed by atoms with van der Waals surface area (Å²) in [5.41, 5.74) is 6.66. The molecule has 21 heavy (non-hydrogen) atoms. The van der Waals surface area contributed by atoms with Gasteiger partial charge < -0.3 is 25.0 Å². The Morgan fingerprint density at radius 1 is 1.52 bits per heavy atom. The first-order valence-electron chi connectivity index (χ1n) is 6.18. The van der Waals surface area contributed by atoms with Gasteiger partial charge in [0.2, 0.25) is 0 Å². The fraction of sp³-hybridized carbons (Fsp3) is 0.500. The molecule has 1 fully saturated rings. The zero-order chi connectivity index (χ0) is 15.0. The van der Waals surface area contributed by atoms with Crippen LogP contribution in [-0.2, 0) is 13.8 Å². The summed E-state index contributed by atoms with van der Waals surface area (Å²) in [6, 6.07) is 0. The number of anilines is 1. The molecule has 1 aliphatic heterocycles. The molecular weight excluding hydrogens is 301 g/mol. The second-order valence-corrected chi connectivity index (χ2v) is 5.41. The van der Waals surface area contributed by atoms with E-state index in [0.717, 1.165) is 0 Å². The zero-order valence-electron chi connectivity index (χ0n) is 10.8. The van der Waals surface area contributed by atoms with Gasteiger partial charge in [0.1, 0.15) is 24.2 Å². The molecule has 11 heteroatoms. The molecule has 2 aromatic heterocycles. The third kappa shape index (κ3) is 2.76. The molecule has 0 aliphatic carbocycles. The van der Waals surface area contributed by atoms with E-state index in [-0.39, 0.29) is 18.8 Å². The third-order valence-corrected chi connectivity index (χ3v) is 3.69. The summed E-state index contributed by atoms with van der Waals surface area (Å²) in [4.78, 5) is 20.7. The lowest BCUT2D eigenvalue weighted by Crippen LogP contribution is -2.25. The molecule has 1 aliphatic rings. The summed E-state index contributed by atoms with van der Waals surface area (Å²) in [5.74, 6) is 0.260. The number of rotatable bonds is 4. The van der Waals surface area contributed by atoms with E-state index >= 15 is 0 Å². The second kappa shape index (κ2) is 5.66. The molecule has 10 nitrogen and oxygen atoms in total. The first-order valence-corrected chi connectivity index (χ1v) is 7.45. The number of ether oxygens (including phenoxy) is 1. The van der Waals surface area contributed by atoms with Crippen molar-refractivity contribution in [2.24, 2.45) is 0 Å². The number of nitrogens with zero attached hydrogens (tertiary/aromatic N) is 4. The second-order valence-electron chi connectivity index (χ2n) is 4.59. The highest BCUT2D eigenvalue weighted by Gasteiger charge is 2.36. The molecule has 3 rings (SSSR count). The SMILES string of the molecule is Nc1ncnc2c1ncn2[C@H]1C[C@H](O)[C@@H](CO[PH](=O)O)O1. The number of nitrogen functional groups attached to an aromatic ring is 1. The Morgan fingerprint density at radius 3 is 3.10 bits per heavy atom. The van der Waals surface area contributed by atoms with Crippen LogP contribution in [0.5, 0.6) is 0 Å². The van der Waals surface area contributed by atoms with Gasteiger partial charge in [-0.2, -0.15) is 0 Å². The van der Waals surface area contributed by atoms with Crippen LogP contribution in [0.3, 0.4) is 0 Å². The number of aromatic nitrogens is 4. The van der Waals surface area contributed by atoms with Crippen molar-refractivity contribution in [1.82, 2.24) is 19.5 Å². The van der Waals surface area contributed by atoms with E-state index in [1.54, 1.807) is 4.57 Å². The lowest BCUT2D eigenvalue weighted by atomic mass is 10.2. The average molecular weight is 315 g/mol. The Morgan fingerprint density at radius 2 is 2.33 bits per heavy atom. The van der Waals surface area contributed by atoms with Crippen LogP contribution in [0.1, 0.15) is 12.6 Å². The molecule has 0 saturated carbocycles. The van der Waals surface area contributed by atoms with Crippen molar-refractivity contribution in [3.05, 3.63) is 12.7 Å². The molecule has 0 bridgehead atoms. The number of fused-ring (bicyclic) bond motifs is 1. The lowest BCUT2D eigenvalue weighted by Gasteiger charge is -2.14. The average Bonchev–Trinajstić information content (AvgIpc) is 3.01. The monoisotopic (exact) mass is 315 g/mol. The van der Waals surface area contributed by atoms with Crippen molar-refractivity contribution in [1.29, 1.82) is 0 Å². The minimum absolute atomic E-state index is 0.157. The van der Waals surface area contributed by atoms with Gasteiger partial charge in [-0.25, -0.2) is 15.0 Å². The molecule has 0 radical (unpaired) electrons. The van der Waals surface area contributed by atoms with Gasteiger partial charge in [0, 0.05) is 6.42 Å². The number of imidazole rings is 1. The smallest absolute Gasteiger partial charge is 0.316 e. The normalized spacial score (nSPS) is 27.2. The number of nitrogens with two attached hydrogens (primary N) is 1. The van der Waals surface area contributed by atoms with Crippen LogP contribution in [-0.4, -0.2) is 48.3 Å². The van der Waals surface area contributed by atoms with Gasteiger partial charge in [0.15, 0.2) is 11.5 Å². The number of aliphatic hydroxyl groups is 1. The maximum absolute atomic E-state index is 10.6. The molecule has 0 amide bonds. The fourth-order valence-corrected chi connectivity index (χ4v) is 2.58. The lowest BCUT2D eigenvalue weighted by molar-refractivity contribution is -0.0384. The van der Waals surface area contributed by atoms with E-state index < -0.39 is 26.7 Å². The summed E-state index contributed by atoms with van der Waals surface area (Å²) >= 11 is 0. The maximum Gasteiger partial charge on any atom is 0.316 e. The molecule has 0 spiro atoms. The van der Waals surface area contributed by atoms with Crippen LogP contribution < -0.4 is 5.73 Å². The number of hydrogen-bond donors (Lipinski definition) is 3. The highest BCUT2D eigenvalue weighted by Crippen LogP contribution is 2.32. The molecule has 3 heterocycles. The molecular formula is C10H14N5O5P. The summed E-state index contributed by atoms with van der Waals surface area (Å²) in [7, 11) is -3.05. The topological polar surface area (TPSA) is 146 Å². The summed E-state index contributed by atoms with van der Waals surface area (Å²) < 4.78 is 22.4. The van der Waals surface area contributed by atoms with Crippen LogP contribution in [0.2, 0.25) is 0 Å². The largest absolute Gasteiger partial charge is 0.390 e. The quantitative estimate of drug-likeness (QED) is 0.633. The molecule has 114 valence electrons. The zero-order valence-corrected chi connectivity index (χ0v) is 11.8. The Bertz CT molecular complexity index is 679.